The van der Waals surface area contributed by atoms with Crippen molar-refractivity contribution in [2.45, 2.75) is 44.8 Å². The summed E-state index contributed by atoms with van der Waals surface area (Å²) in [4.78, 5) is 18.6. The molecule has 4 fully saturated rings. The van der Waals surface area contributed by atoms with Crippen molar-refractivity contribution in [1.82, 2.24) is 26.2 Å². The summed E-state index contributed by atoms with van der Waals surface area (Å²) in [7, 11) is 0. The molecule has 0 radical (unpaired) electrons. The molecule has 0 aromatic heterocycles. The number of ether oxygens (including phenoxy) is 2. The maximum absolute atomic E-state index is 11.0. The SMILES string of the molecule is C1COCCN1.N.O=C1CCN(Cc2ccccc2)CC1.c1ccc(CN2CCC(N3CCOCC3)CC2)cc1. The number of nitrogens with zero attached hydrogens (tertiary/aromatic N) is 3. The van der Waals surface area contributed by atoms with E-state index >= 15 is 0 Å². The molecule has 0 aliphatic carbocycles. The second-order valence-corrected chi connectivity index (χ2v) is 10.8. The number of hydrogen-bond donors (Lipinski definition) is 2. The quantitative estimate of drug-likeness (QED) is 0.580. The van der Waals surface area contributed by atoms with Gasteiger partial charge in [0.25, 0.3) is 0 Å². The van der Waals surface area contributed by atoms with Crippen LogP contribution in [-0.2, 0) is 27.4 Å². The monoisotopic (exact) mass is 553 g/mol. The van der Waals surface area contributed by atoms with Crippen LogP contribution in [0.1, 0.15) is 36.8 Å². The molecule has 2 aromatic carbocycles. The smallest absolute Gasteiger partial charge is 0.135 e. The second-order valence-electron chi connectivity index (χ2n) is 10.8. The Kier molecular flexibility index (Phi) is 15.4. The molecule has 6 rings (SSSR count). The average molecular weight is 554 g/mol. The van der Waals surface area contributed by atoms with Gasteiger partial charge in [0.1, 0.15) is 5.78 Å². The van der Waals surface area contributed by atoms with Crippen LogP contribution < -0.4 is 11.5 Å². The van der Waals surface area contributed by atoms with Gasteiger partial charge in [0.15, 0.2) is 0 Å². The lowest BCUT2D eigenvalue weighted by Gasteiger charge is -2.40. The fourth-order valence-corrected chi connectivity index (χ4v) is 5.54. The Hall–Kier alpha value is -2.17. The molecule has 8 heteroatoms. The van der Waals surface area contributed by atoms with Crippen LogP contribution in [0.3, 0.4) is 0 Å². The highest BCUT2D eigenvalue weighted by Crippen LogP contribution is 2.19. The molecule has 4 aliphatic heterocycles. The summed E-state index contributed by atoms with van der Waals surface area (Å²) in [6, 6.07) is 22.0. The summed E-state index contributed by atoms with van der Waals surface area (Å²) in [5.74, 6) is 0.411. The average Bonchev–Trinajstić information content (AvgIpc) is 3.02. The maximum Gasteiger partial charge on any atom is 0.135 e. The molecule has 0 bridgehead atoms. The lowest BCUT2D eigenvalue weighted by molar-refractivity contribution is -0.121. The summed E-state index contributed by atoms with van der Waals surface area (Å²) in [5, 5.41) is 3.16. The van der Waals surface area contributed by atoms with Crippen molar-refractivity contribution in [3.63, 3.8) is 0 Å². The first kappa shape index (κ1) is 32.3. The summed E-state index contributed by atoms with van der Waals surface area (Å²) >= 11 is 0. The van der Waals surface area contributed by atoms with E-state index in [1.54, 1.807) is 0 Å². The molecular formula is C32H51N5O3. The minimum absolute atomic E-state index is 0. The summed E-state index contributed by atoms with van der Waals surface area (Å²) in [5.41, 5.74) is 2.77. The van der Waals surface area contributed by atoms with Gasteiger partial charge in [-0.15, -0.1) is 0 Å². The molecule has 0 saturated carbocycles. The molecule has 4 aliphatic rings. The third kappa shape index (κ3) is 12.1. The van der Waals surface area contributed by atoms with E-state index < -0.39 is 0 Å². The summed E-state index contributed by atoms with van der Waals surface area (Å²) in [6.07, 6.45) is 4.08. The Balaban J connectivity index is 0.000000184. The Bertz CT molecular complexity index is 893. The van der Waals surface area contributed by atoms with Gasteiger partial charge >= 0.3 is 0 Å². The Morgan fingerprint density at radius 2 is 1.12 bits per heavy atom. The fraction of sp³-hybridized carbons (Fsp3) is 0.594. The van der Waals surface area contributed by atoms with Crippen LogP contribution in [0.5, 0.6) is 0 Å². The molecule has 40 heavy (non-hydrogen) atoms. The predicted molar refractivity (Wildman–Crippen MR) is 162 cm³/mol. The molecule has 0 amide bonds. The molecule has 0 atom stereocenters. The number of likely N-dealkylation sites (tertiary alicyclic amines) is 2. The highest BCUT2D eigenvalue weighted by Gasteiger charge is 2.25. The Labute approximate surface area is 241 Å². The molecule has 4 N–H and O–H groups in total. The van der Waals surface area contributed by atoms with Gasteiger partial charge in [-0.25, -0.2) is 0 Å². The Morgan fingerprint density at radius 1 is 0.650 bits per heavy atom. The van der Waals surface area contributed by atoms with Crippen LogP contribution in [0.25, 0.3) is 0 Å². The minimum Gasteiger partial charge on any atom is -0.379 e. The molecule has 222 valence electrons. The van der Waals surface area contributed by atoms with E-state index in [-0.39, 0.29) is 6.15 Å². The van der Waals surface area contributed by atoms with Gasteiger partial charge in [-0.1, -0.05) is 60.7 Å². The molecule has 0 unspecified atom stereocenters. The number of carbonyl (C=O) groups excluding carboxylic acids is 1. The number of ketones is 1. The normalized spacial score (nSPS) is 21.2. The van der Waals surface area contributed by atoms with Crippen molar-refractivity contribution in [3.05, 3.63) is 71.8 Å². The van der Waals surface area contributed by atoms with Crippen LogP contribution in [0.2, 0.25) is 0 Å². The van der Waals surface area contributed by atoms with Gasteiger partial charge in [0.05, 0.1) is 26.4 Å². The zero-order chi connectivity index (χ0) is 27.0. The van der Waals surface area contributed by atoms with Gasteiger partial charge in [-0.2, -0.15) is 0 Å². The fourth-order valence-electron chi connectivity index (χ4n) is 5.54. The second kappa shape index (κ2) is 19.0. The van der Waals surface area contributed by atoms with E-state index in [1.165, 1.54) is 37.1 Å². The minimum atomic E-state index is 0. The number of carbonyl (C=O) groups is 1. The van der Waals surface area contributed by atoms with Crippen LogP contribution in [0, 0.1) is 0 Å². The summed E-state index contributed by atoms with van der Waals surface area (Å²) < 4.78 is 10.4. The maximum atomic E-state index is 11.0. The number of morpholine rings is 2. The zero-order valence-electron chi connectivity index (χ0n) is 24.4. The van der Waals surface area contributed by atoms with Crippen LogP contribution in [0.4, 0.5) is 0 Å². The first-order valence-electron chi connectivity index (χ1n) is 14.9. The molecule has 2 aromatic rings. The number of nitrogens with one attached hydrogen (secondary N) is 1. The molecule has 4 heterocycles. The van der Waals surface area contributed by atoms with Crippen molar-refractivity contribution in [1.29, 1.82) is 0 Å². The highest BCUT2D eigenvalue weighted by atomic mass is 16.5. The lowest BCUT2D eigenvalue weighted by atomic mass is 10.0. The number of Topliss-reactive ketones (excluding diaryl/α,β-unsaturated/α-hetero) is 1. The standard InChI is InChI=1S/C16H24N2O.C12H15NO.C4H9NO.H3N/c1-2-4-15(5-3-1)14-17-8-6-16(7-9-17)18-10-12-19-13-11-18;14-12-6-8-13(9-7-12)10-11-4-2-1-3-5-11;1-3-6-4-2-5-1;/h1-5,16H,6-14H2;1-5H,6-10H2;5H,1-4H2;1H3. The molecule has 0 spiro atoms. The lowest BCUT2D eigenvalue weighted by Crippen LogP contribution is -2.48. The molecule has 8 nitrogen and oxygen atoms in total. The van der Waals surface area contributed by atoms with E-state index in [4.69, 9.17) is 9.47 Å². The van der Waals surface area contributed by atoms with Crippen molar-refractivity contribution >= 4 is 5.78 Å². The first-order valence-corrected chi connectivity index (χ1v) is 14.9. The summed E-state index contributed by atoms with van der Waals surface area (Å²) in [6.45, 7) is 14.3. The third-order valence-corrected chi connectivity index (χ3v) is 7.88. The highest BCUT2D eigenvalue weighted by molar-refractivity contribution is 5.79. The van der Waals surface area contributed by atoms with E-state index in [0.717, 1.165) is 97.7 Å². The van der Waals surface area contributed by atoms with Crippen molar-refractivity contribution < 1.29 is 14.3 Å². The van der Waals surface area contributed by atoms with E-state index in [2.05, 4.69) is 74.6 Å². The van der Waals surface area contributed by atoms with Gasteiger partial charge in [0, 0.05) is 71.2 Å². The first-order chi connectivity index (χ1) is 19.3. The molecular weight excluding hydrogens is 502 g/mol. The van der Waals surface area contributed by atoms with E-state index in [0.29, 0.717) is 5.78 Å². The van der Waals surface area contributed by atoms with Crippen LogP contribution in [0.15, 0.2) is 60.7 Å². The van der Waals surface area contributed by atoms with Gasteiger partial charge in [-0.3, -0.25) is 19.5 Å². The number of hydrogen-bond acceptors (Lipinski definition) is 8. The largest absolute Gasteiger partial charge is 0.379 e. The molecule has 4 saturated heterocycles. The van der Waals surface area contributed by atoms with Crippen molar-refractivity contribution in [2.75, 3.05) is 78.8 Å². The van der Waals surface area contributed by atoms with E-state index in [1.807, 2.05) is 6.07 Å². The third-order valence-electron chi connectivity index (χ3n) is 7.88. The zero-order valence-corrected chi connectivity index (χ0v) is 24.4. The number of rotatable bonds is 5. The van der Waals surface area contributed by atoms with Gasteiger partial charge in [0.2, 0.25) is 0 Å². The number of benzene rings is 2. The Morgan fingerprint density at radius 3 is 1.57 bits per heavy atom. The van der Waals surface area contributed by atoms with Crippen LogP contribution in [-0.4, -0.2) is 105 Å². The van der Waals surface area contributed by atoms with Gasteiger partial charge < -0.3 is 20.9 Å². The van der Waals surface area contributed by atoms with Gasteiger partial charge in [-0.05, 0) is 37.1 Å². The van der Waals surface area contributed by atoms with Crippen molar-refractivity contribution in [2.24, 2.45) is 0 Å². The van der Waals surface area contributed by atoms with E-state index in [9.17, 15) is 4.79 Å². The van der Waals surface area contributed by atoms with Crippen LogP contribution >= 0.6 is 0 Å². The number of piperidine rings is 2. The van der Waals surface area contributed by atoms with Crippen molar-refractivity contribution in [3.8, 4) is 0 Å². The predicted octanol–water partition coefficient (Wildman–Crippen LogP) is 3.60. The topological polar surface area (TPSA) is 92.3 Å².